The Morgan fingerprint density at radius 3 is 2.65 bits per heavy atom. The second-order valence-electron chi connectivity index (χ2n) is 6.68. The molecule has 2 rings (SSSR count). The Morgan fingerprint density at radius 2 is 1.96 bits per heavy atom. The number of hydrogen-bond donors (Lipinski definition) is 1. The van der Waals surface area contributed by atoms with E-state index in [9.17, 15) is 0 Å². The minimum atomic E-state index is 0.443. The number of pyridine rings is 1. The minimum Gasteiger partial charge on any atom is -0.382 e. The highest BCUT2D eigenvalue weighted by atomic mass is 35.5. The molecule has 1 aromatic carbocycles. The molecule has 0 saturated carbocycles. The van der Waals surface area contributed by atoms with Crippen LogP contribution >= 0.6 is 11.6 Å². The molecule has 0 spiro atoms. The maximum atomic E-state index is 6.05. The zero-order valence-corrected chi connectivity index (χ0v) is 15.5. The van der Waals surface area contributed by atoms with Crippen LogP contribution in [-0.4, -0.2) is 42.2 Å². The molecule has 1 heterocycles. The lowest BCUT2D eigenvalue weighted by Crippen LogP contribution is -2.44. The highest BCUT2D eigenvalue weighted by Gasteiger charge is 2.16. The fraction of sp³-hybridized carbons (Fsp3) is 0.526. The summed E-state index contributed by atoms with van der Waals surface area (Å²) < 4.78 is 1.16. The van der Waals surface area contributed by atoms with E-state index in [1.807, 2.05) is 30.5 Å². The molecule has 0 bridgehead atoms. The molecule has 0 amide bonds. The summed E-state index contributed by atoms with van der Waals surface area (Å²) in [5.74, 6) is 0. The molecule has 0 fully saturated rings. The van der Waals surface area contributed by atoms with Gasteiger partial charge in [0.15, 0.2) is 0 Å². The van der Waals surface area contributed by atoms with Crippen molar-refractivity contribution in [2.75, 3.05) is 32.0 Å². The van der Waals surface area contributed by atoms with Gasteiger partial charge in [0.1, 0.15) is 0 Å². The third-order valence-electron chi connectivity index (χ3n) is 4.97. The summed E-state index contributed by atoms with van der Waals surface area (Å²) in [5, 5.41) is 5.50. The lowest BCUT2D eigenvalue weighted by Gasteiger charge is -2.32. The van der Waals surface area contributed by atoms with Crippen molar-refractivity contribution < 1.29 is 4.48 Å². The van der Waals surface area contributed by atoms with Crippen LogP contribution in [0.1, 0.15) is 33.6 Å². The predicted octanol–water partition coefficient (Wildman–Crippen LogP) is 4.96. The zero-order valence-electron chi connectivity index (χ0n) is 14.8. The Labute approximate surface area is 145 Å². The van der Waals surface area contributed by atoms with Crippen molar-refractivity contribution in [3.63, 3.8) is 0 Å². The van der Waals surface area contributed by atoms with Gasteiger partial charge in [-0.1, -0.05) is 11.6 Å². The van der Waals surface area contributed by atoms with Crippen molar-refractivity contribution in [3.8, 4) is 0 Å². The Balaban J connectivity index is 1.97. The van der Waals surface area contributed by atoms with Crippen LogP contribution in [0.4, 0.5) is 5.69 Å². The molecule has 0 aliphatic rings. The van der Waals surface area contributed by atoms with E-state index >= 15 is 0 Å². The number of nitrogens with zero attached hydrogens (tertiary/aromatic N) is 2. The molecule has 126 valence electrons. The summed E-state index contributed by atoms with van der Waals surface area (Å²) >= 11 is 6.05. The summed E-state index contributed by atoms with van der Waals surface area (Å²) in [6.45, 7) is 10.5. The standard InChI is InChI=1S/C19H29ClN3/c1-5-23(4,6-2)13-7-8-15(3)22-18-11-12-21-19-14-16(20)9-10-17(18)19/h9-12,14-15H,5-8,13H2,1-4H3,(H,21,22)/q+1/t15-/m0/s1. The van der Waals surface area contributed by atoms with Crippen LogP contribution < -0.4 is 5.32 Å². The summed E-state index contributed by atoms with van der Waals surface area (Å²) in [5.41, 5.74) is 2.08. The minimum absolute atomic E-state index is 0.443. The number of quaternary nitrogens is 1. The van der Waals surface area contributed by atoms with Crippen LogP contribution in [0.25, 0.3) is 10.9 Å². The molecule has 0 unspecified atom stereocenters. The number of benzene rings is 1. The summed E-state index contributed by atoms with van der Waals surface area (Å²) in [6.07, 6.45) is 4.25. The smallest absolute Gasteiger partial charge is 0.0785 e. The van der Waals surface area contributed by atoms with Crippen LogP contribution in [0.3, 0.4) is 0 Å². The summed E-state index contributed by atoms with van der Waals surface area (Å²) in [6, 6.07) is 8.37. The number of fused-ring (bicyclic) bond motifs is 1. The van der Waals surface area contributed by atoms with Crippen molar-refractivity contribution in [1.29, 1.82) is 0 Å². The van der Waals surface area contributed by atoms with Gasteiger partial charge >= 0.3 is 0 Å². The van der Waals surface area contributed by atoms with Gasteiger partial charge in [0, 0.05) is 28.3 Å². The topological polar surface area (TPSA) is 24.9 Å². The molecule has 23 heavy (non-hydrogen) atoms. The van der Waals surface area contributed by atoms with E-state index in [-0.39, 0.29) is 0 Å². The first-order valence-corrected chi connectivity index (χ1v) is 8.99. The average molecular weight is 335 g/mol. The van der Waals surface area contributed by atoms with Crippen molar-refractivity contribution in [1.82, 2.24) is 4.98 Å². The number of hydrogen-bond acceptors (Lipinski definition) is 2. The first kappa shape index (κ1) is 18.0. The van der Waals surface area contributed by atoms with Crippen LogP contribution in [0.15, 0.2) is 30.5 Å². The van der Waals surface area contributed by atoms with Crippen molar-refractivity contribution in [2.24, 2.45) is 0 Å². The summed E-state index contributed by atoms with van der Waals surface area (Å²) in [4.78, 5) is 4.40. The van der Waals surface area contributed by atoms with E-state index in [4.69, 9.17) is 11.6 Å². The maximum absolute atomic E-state index is 6.05. The molecule has 1 N–H and O–H groups in total. The number of halogens is 1. The molecular weight excluding hydrogens is 306 g/mol. The Morgan fingerprint density at radius 1 is 1.22 bits per heavy atom. The fourth-order valence-electron chi connectivity index (χ4n) is 2.90. The van der Waals surface area contributed by atoms with Crippen molar-refractivity contribution in [3.05, 3.63) is 35.5 Å². The van der Waals surface area contributed by atoms with E-state index in [1.54, 1.807) is 0 Å². The van der Waals surface area contributed by atoms with E-state index in [2.05, 4.69) is 38.1 Å². The van der Waals surface area contributed by atoms with Crippen molar-refractivity contribution in [2.45, 2.75) is 39.7 Å². The van der Waals surface area contributed by atoms with E-state index in [0.29, 0.717) is 6.04 Å². The second kappa shape index (κ2) is 7.98. The third-order valence-corrected chi connectivity index (χ3v) is 5.20. The quantitative estimate of drug-likeness (QED) is 0.690. The SMILES string of the molecule is CC[N+](C)(CC)CCC[C@H](C)Nc1ccnc2cc(Cl)ccc12. The van der Waals surface area contributed by atoms with Crippen LogP contribution in [0, 0.1) is 0 Å². The predicted molar refractivity (Wildman–Crippen MR) is 101 cm³/mol. The number of aromatic nitrogens is 1. The van der Waals surface area contributed by atoms with Gasteiger partial charge in [0.25, 0.3) is 0 Å². The van der Waals surface area contributed by atoms with Gasteiger partial charge in [-0.25, -0.2) is 0 Å². The molecule has 0 saturated heterocycles. The Hall–Kier alpha value is -1.32. The lowest BCUT2D eigenvalue weighted by molar-refractivity contribution is -0.906. The van der Waals surface area contributed by atoms with Gasteiger partial charge < -0.3 is 9.80 Å². The second-order valence-corrected chi connectivity index (χ2v) is 7.12. The highest BCUT2D eigenvalue weighted by molar-refractivity contribution is 6.31. The molecule has 3 nitrogen and oxygen atoms in total. The van der Waals surface area contributed by atoms with E-state index in [1.165, 1.54) is 32.5 Å². The van der Waals surface area contributed by atoms with Gasteiger partial charge in [0.05, 0.1) is 32.2 Å². The monoisotopic (exact) mass is 334 g/mol. The highest BCUT2D eigenvalue weighted by Crippen LogP contribution is 2.25. The zero-order chi connectivity index (χ0) is 16.9. The third kappa shape index (κ3) is 4.82. The first-order chi connectivity index (χ1) is 11.0. The largest absolute Gasteiger partial charge is 0.382 e. The van der Waals surface area contributed by atoms with Crippen LogP contribution in [-0.2, 0) is 0 Å². The number of nitrogens with one attached hydrogen (secondary N) is 1. The fourth-order valence-corrected chi connectivity index (χ4v) is 3.07. The van der Waals surface area contributed by atoms with Gasteiger partial charge in [-0.2, -0.15) is 0 Å². The first-order valence-electron chi connectivity index (χ1n) is 8.62. The normalized spacial score (nSPS) is 13.3. The van der Waals surface area contributed by atoms with E-state index in [0.717, 1.165) is 26.1 Å². The van der Waals surface area contributed by atoms with Gasteiger partial charge in [-0.05, 0) is 57.9 Å². The molecule has 4 heteroatoms. The van der Waals surface area contributed by atoms with Gasteiger partial charge in [-0.15, -0.1) is 0 Å². The molecule has 1 aromatic heterocycles. The molecule has 0 aliphatic heterocycles. The molecule has 2 aromatic rings. The van der Waals surface area contributed by atoms with Crippen molar-refractivity contribution >= 4 is 28.2 Å². The van der Waals surface area contributed by atoms with Crippen LogP contribution in [0.5, 0.6) is 0 Å². The Kier molecular flexibility index (Phi) is 6.25. The molecular formula is C19H29ClN3+. The number of anilines is 1. The molecule has 0 aliphatic carbocycles. The van der Waals surface area contributed by atoms with Gasteiger partial charge in [-0.3, -0.25) is 4.98 Å². The lowest BCUT2D eigenvalue weighted by atomic mass is 10.1. The molecule has 1 atom stereocenters. The number of rotatable bonds is 8. The van der Waals surface area contributed by atoms with Crippen LogP contribution in [0.2, 0.25) is 5.02 Å². The van der Waals surface area contributed by atoms with Gasteiger partial charge in [0.2, 0.25) is 0 Å². The molecule has 0 radical (unpaired) electrons. The van der Waals surface area contributed by atoms with E-state index < -0.39 is 0 Å². The summed E-state index contributed by atoms with van der Waals surface area (Å²) in [7, 11) is 2.35. The Bertz CT molecular complexity index is 638. The maximum Gasteiger partial charge on any atom is 0.0785 e. The average Bonchev–Trinajstić information content (AvgIpc) is 2.54.